The summed E-state index contributed by atoms with van der Waals surface area (Å²) < 4.78 is 13.3. The highest BCUT2D eigenvalue weighted by molar-refractivity contribution is 5.49. The lowest BCUT2D eigenvalue weighted by Gasteiger charge is -2.38. The first-order valence-corrected chi connectivity index (χ1v) is 6.42. The van der Waals surface area contributed by atoms with Gasteiger partial charge in [-0.15, -0.1) is 0 Å². The summed E-state index contributed by atoms with van der Waals surface area (Å²) in [7, 11) is 0. The number of aromatic nitrogens is 1. The van der Waals surface area contributed by atoms with Gasteiger partial charge in [-0.25, -0.2) is 4.98 Å². The van der Waals surface area contributed by atoms with Crippen LogP contribution in [0.4, 0.5) is 4.39 Å². The van der Waals surface area contributed by atoms with E-state index in [4.69, 9.17) is 0 Å². The number of rotatable bonds is 2. The topological polar surface area (TPSA) is 33.1 Å². The molecule has 0 bridgehead atoms. The van der Waals surface area contributed by atoms with Crippen molar-refractivity contribution in [3.63, 3.8) is 0 Å². The molecule has 0 radical (unpaired) electrons. The van der Waals surface area contributed by atoms with E-state index in [0.29, 0.717) is 11.0 Å². The first-order valence-electron chi connectivity index (χ1n) is 6.42. The fraction of sp³-hybridized carbons (Fsp3) is 0.533. The Labute approximate surface area is 108 Å². The summed E-state index contributed by atoms with van der Waals surface area (Å²) in [5.41, 5.74) is -0.0620. The molecular formula is C15H20FNO. The number of nitrogens with zero attached hydrogens (tertiary/aromatic N) is 1. The lowest BCUT2D eigenvalue weighted by Crippen LogP contribution is -2.34. The quantitative estimate of drug-likeness (QED) is 0.813. The van der Waals surface area contributed by atoms with Crippen LogP contribution in [0.25, 0.3) is 6.08 Å². The maximum atomic E-state index is 13.3. The van der Waals surface area contributed by atoms with Crippen molar-refractivity contribution in [3.05, 3.63) is 35.9 Å². The molecule has 1 aliphatic rings. The Morgan fingerprint density at radius 2 is 1.94 bits per heavy atom. The highest BCUT2D eigenvalue weighted by Gasteiger charge is 2.34. The maximum absolute atomic E-state index is 13.3. The second kappa shape index (κ2) is 4.81. The summed E-state index contributed by atoms with van der Waals surface area (Å²) in [6, 6.07) is 3.35. The van der Waals surface area contributed by atoms with E-state index >= 15 is 0 Å². The Hall–Kier alpha value is -1.22. The van der Waals surface area contributed by atoms with Crippen LogP contribution in [0.15, 0.2) is 24.4 Å². The van der Waals surface area contributed by atoms with Crippen molar-refractivity contribution in [2.45, 2.75) is 45.1 Å². The van der Waals surface area contributed by atoms with E-state index in [1.807, 2.05) is 0 Å². The van der Waals surface area contributed by atoms with Crippen LogP contribution in [0, 0.1) is 11.4 Å². The van der Waals surface area contributed by atoms with Crippen molar-refractivity contribution in [2.24, 2.45) is 5.41 Å². The van der Waals surface area contributed by atoms with Crippen LogP contribution in [0.3, 0.4) is 0 Å². The van der Waals surface area contributed by atoms with Gasteiger partial charge in [0.2, 0.25) is 5.95 Å². The molecule has 18 heavy (non-hydrogen) atoms. The Morgan fingerprint density at radius 3 is 2.56 bits per heavy atom. The number of halogens is 1. The number of aliphatic hydroxyl groups is 1. The van der Waals surface area contributed by atoms with E-state index in [1.165, 1.54) is 6.20 Å². The van der Waals surface area contributed by atoms with E-state index in [9.17, 15) is 9.50 Å². The van der Waals surface area contributed by atoms with Crippen molar-refractivity contribution in [1.82, 2.24) is 4.98 Å². The van der Waals surface area contributed by atoms with Crippen LogP contribution >= 0.6 is 0 Å². The molecule has 1 fully saturated rings. The van der Waals surface area contributed by atoms with Gasteiger partial charge in [0.1, 0.15) is 0 Å². The molecule has 3 heteroatoms. The molecule has 0 unspecified atom stereocenters. The van der Waals surface area contributed by atoms with Crippen molar-refractivity contribution < 1.29 is 9.50 Å². The Kier molecular flexibility index (Phi) is 3.53. The fourth-order valence-corrected chi connectivity index (χ4v) is 2.29. The zero-order valence-corrected chi connectivity index (χ0v) is 11.0. The lowest BCUT2D eigenvalue weighted by atomic mass is 9.71. The minimum atomic E-state index is -0.794. The molecule has 0 aromatic carbocycles. The van der Waals surface area contributed by atoms with E-state index < -0.39 is 11.5 Å². The Balaban J connectivity index is 2.08. The Morgan fingerprint density at radius 1 is 1.28 bits per heavy atom. The summed E-state index contributed by atoms with van der Waals surface area (Å²) in [6.45, 7) is 4.44. The molecule has 98 valence electrons. The van der Waals surface area contributed by atoms with Gasteiger partial charge in [0.05, 0.1) is 5.60 Å². The summed E-state index contributed by atoms with van der Waals surface area (Å²) in [4.78, 5) is 3.59. The molecule has 1 N–H and O–H groups in total. The van der Waals surface area contributed by atoms with Crippen LogP contribution in [0.1, 0.15) is 45.1 Å². The molecule has 0 saturated heterocycles. The van der Waals surface area contributed by atoms with Crippen molar-refractivity contribution in [2.75, 3.05) is 0 Å². The first-order chi connectivity index (χ1) is 8.40. The van der Waals surface area contributed by atoms with Gasteiger partial charge in [0.15, 0.2) is 0 Å². The van der Waals surface area contributed by atoms with Crippen LogP contribution in [-0.4, -0.2) is 15.7 Å². The predicted molar refractivity (Wildman–Crippen MR) is 70.4 cm³/mol. The van der Waals surface area contributed by atoms with Gasteiger partial charge >= 0.3 is 0 Å². The zero-order valence-electron chi connectivity index (χ0n) is 11.0. The van der Waals surface area contributed by atoms with Crippen LogP contribution in [-0.2, 0) is 0 Å². The van der Waals surface area contributed by atoms with Gasteiger partial charge in [-0.2, -0.15) is 4.39 Å². The highest BCUT2D eigenvalue weighted by Crippen LogP contribution is 2.40. The third kappa shape index (κ3) is 3.16. The molecule has 1 aromatic rings. The normalized spacial score (nSPS) is 22.2. The summed E-state index contributed by atoms with van der Waals surface area (Å²) in [6.07, 6.45) is 8.23. The molecule has 0 aliphatic heterocycles. The molecule has 1 aromatic heterocycles. The molecule has 0 spiro atoms. The third-order valence-electron chi connectivity index (χ3n) is 3.83. The second-order valence-electron chi connectivity index (χ2n) is 5.98. The largest absolute Gasteiger partial charge is 0.386 e. The summed E-state index contributed by atoms with van der Waals surface area (Å²) >= 11 is 0. The maximum Gasteiger partial charge on any atom is 0.220 e. The van der Waals surface area contributed by atoms with Gasteiger partial charge in [-0.05, 0) is 43.2 Å². The first kappa shape index (κ1) is 13.2. The lowest BCUT2D eigenvalue weighted by molar-refractivity contribution is 0.0156. The van der Waals surface area contributed by atoms with Crippen molar-refractivity contribution in [3.8, 4) is 0 Å². The van der Waals surface area contributed by atoms with Gasteiger partial charge in [0, 0.05) is 11.8 Å². The monoisotopic (exact) mass is 249 g/mol. The van der Waals surface area contributed by atoms with Gasteiger partial charge in [-0.3, -0.25) is 0 Å². The smallest absolute Gasteiger partial charge is 0.220 e. The van der Waals surface area contributed by atoms with E-state index in [0.717, 1.165) is 25.7 Å². The average molecular weight is 249 g/mol. The standard InChI is InChI=1S/C15H20FNO/c1-14(2)7-9-15(18,10-8-14)6-5-12-4-3-11-17-13(12)16/h3-6,11,18H,7-10H2,1-2H3/b6-5-. The SMILES string of the molecule is CC1(C)CCC(O)(/C=C\c2cccnc2F)CC1. The molecular weight excluding hydrogens is 229 g/mol. The average Bonchev–Trinajstić information content (AvgIpc) is 2.33. The van der Waals surface area contributed by atoms with Crippen LogP contribution in [0.5, 0.6) is 0 Å². The zero-order chi connectivity index (χ0) is 13.2. The number of hydrogen-bond acceptors (Lipinski definition) is 2. The molecule has 1 saturated carbocycles. The molecule has 0 atom stereocenters. The van der Waals surface area contributed by atoms with Crippen LogP contribution < -0.4 is 0 Å². The van der Waals surface area contributed by atoms with Crippen molar-refractivity contribution >= 4 is 6.08 Å². The van der Waals surface area contributed by atoms with Gasteiger partial charge in [-0.1, -0.05) is 26.0 Å². The summed E-state index contributed by atoms with van der Waals surface area (Å²) in [5, 5.41) is 10.4. The van der Waals surface area contributed by atoms with Crippen molar-refractivity contribution in [1.29, 1.82) is 0 Å². The minimum absolute atomic E-state index is 0.305. The molecule has 2 nitrogen and oxygen atoms in total. The highest BCUT2D eigenvalue weighted by atomic mass is 19.1. The molecule has 2 rings (SSSR count). The number of pyridine rings is 1. The predicted octanol–water partition coefficient (Wildman–Crippen LogP) is 3.57. The van der Waals surface area contributed by atoms with E-state index in [-0.39, 0.29) is 0 Å². The molecule has 1 aliphatic carbocycles. The second-order valence-corrected chi connectivity index (χ2v) is 5.98. The Bertz CT molecular complexity index is 444. The van der Waals surface area contributed by atoms with E-state index in [1.54, 1.807) is 24.3 Å². The third-order valence-corrected chi connectivity index (χ3v) is 3.83. The van der Waals surface area contributed by atoms with Gasteiger partial charge < -0.3 is 5.11 Å². The molecule has 1 heterocycles. The van der Waals surface area contributed by atoms with Crippen LogP contribution in [0.2, 0.25) is 0 Å². The van der Waals surface area contributed by atoms with Gasteiger partial charge in [0.25, 0.3) is 0 Å². The summed E-state index contributed by atoms with van der Waals surface area (Å²) in [5.74, 6) is -0.492. The fourth-order valence-electron chi connectivity index (χ4n) is 2.29. The van der Waals surface area contributed by atoms with E-state index in [2.05, 4.69) is 18.8 Å². The molecule has 0 amide bonds. The number of hydrogen-bond donors (Lipinski definition) is 1. The minimum Gasteiger partial charge on any atom is -0.386 e.